The van der Waals surface area contributed by atoms with Crippen LogP contribution in [0, 0.1) is 0 Å². The fraction of sp³-hybridized carbons (Fsp3) is 0.500. The third-order valence-corrected chi connectivity index (χ3v) is 4.73. The van der Waals surface area contributed by atoms with Gasteiger partial charge in [-0.3, -0.25) is 4.36 Å². The molecule has 1 atom stereocenters. The second-order valence-corrected chi connectivity index (χ2v) is 5.72. The Balaban J connectivity index is 2.08. The van der Waals surface area contributed by atoms with Gasteiger partial charge in [0.15, 0.2) is 0 Å². The SMILES string of the molecule is CC(N=S1CCCC1)c1ccccc1. The number of hydrogen-bond acceptors (Lipinski definition) is 1. The molecule has 0 radical (unpaired) electrons. The maximum absolute atomic E-state index is 4.87. The van der Waals surface area contributed by atoms with E-state index in [4.69, 9.17) is 4.36 Å². The lowest BCUT2D eigenvalue weighted by Crippen LogP contribution is -1.95. The van der Waals surface area contributed by atoms with E-state index in [1.54, 1.807) is 0 Å². The second-order valence-electron chi connectivity index (χ2n) is 3.77. The monoisotopic (exact) mass is 207 g/mol. The van der Waals surface area contributed by atoms with Crippen LogP contribution in [0.5, 0.6) is 0 Å². The molecule has 0 amide bonds. The number of nitrogens with zero attached hydrogens (tertiary/aromatic N) is 1. The van der Waals surface area contributed by atoms with Crippen molar-refractivity contribution in [3.63, 3.8) is 0 Å². The molecule has 1 aliphatic rings. The fourth-order valence-corrected chi connectivity index (χ4v) is 3.82. The molecule has 1 heterocycles. The standard InChI is InChI=1S/C12H17NS/c1-11(12-7-3-2-4-8-12)13-14-9-5-6-10-14/h2-4,7-8,11H,5-6,9-10H2,1H3. The van der Waals surface area contributed by atoms with Crippen LogP contribution in [0.4, 0.5) is 0 Å². The van der Waals surface area contributed by atoms with Gasteiger partial charge in [0.05, 0.1) is 6.04 Å². The van der Waals surface area contributed by atoms with Gasteiger partial charge in [-0.1, -0.05) is 30.3 Å². The molecule has 1 aromatic rings. The van der Waals surface area contributed by atoms with Crippen LogP contribution in [0.15, 0.2) is 34.7 Å². The molecule has 0 N–H and O–H groups in total. The lowest BCUT2D eigenvalue weighted by Gasteiger charge is -2.08. The minimum atomic E-state index is 0.367. The first-order chi connectivity index (χ1) is 6.86. The number of benzene rings is 1. The summed E-state index contributed by atoms with van der Waals surface area (Å²) in [7, 11) is 0.367. The van der Waals surface area contributed by atoms with Crippen molar-refractivity contribution < 1.29 is 0 Å². The molecule has 0 aromatic heterocycles. The van der Waals surface area contributed by atoms with Crippen molar-refractivity contribution in [3.8, 4) is 0 Å². The smallest absolute Gasteiger partial charge is 0.0789 e. The Morgan fingerprint density at radius 1 is 1.14 bits per heavy atom. The van der Waals surface area contributed by atoms with Crippen molar-refractivity contribution in [3.05, 3.63) is 35.9 Å². The molecular weight excluding hydrogens is 190 g/mol. The van der Waals surface area contributed by atoms with Crippen molar-refractivity contribution >= 4 is 10.7 Å². The van der Waals surface area contributed by atoms with E-state index >= 15 is 0 Å². The average Bonchev–Trinajstić information content (AvgIpc) is 2.72. The lowest BCUT2D eigenvalue weighted by atomic mass is 10.1. The highest BCUT2D eigenvalue weighted by molar-refractivity contribution is 7.87. The zero-order valence-electron chi connectivity index (χ0n) is 8.65. The number of hydrogen-bond donors (Lipinski definition) is 0. The molecule has 2 rings (SSSR count). The Bertz CT molecular complexity index is 310. The minimum Gasteiger partial charge on any atom is -0.257 e. The van der Waals surface area contributed by atoms with Crippen molar-refractivity contribution in [2.75, 3.05) is 11.5 Å². The zero-order chi connectivity index (χ0) is 9.80. The van der Waals surface area contributed by atoms with Gasteiger partial charge in [-0.25, -0.2) is 0 Å². The summed E-state index contributed by atoms with van der Waals surface area (Å²) in [6.07, 6.45) is 2.77. The Morgan fingerprint density at radius 2 is 1.79 bits per heavy atom. The van der Waals surface area contributed by atoms with Crippen molar-refractivity contribution in [2.24, 2.45) is 4.36 Å². The van der Waals surface area contributed by atoms with Crippen LogP contribution in [0.3, 0.4) is 0 Å². The molecule has 0 aliphatic carbocycles. The molecule has 1 nitrogen and oxygen atoms in total. The highest BCUT2D eigenvalue weighted by Gasteiger charge is 2.09. The van der Waals surface area contributed by atoms with Crippen LogP contribution in [-0.2, 0) is 10.7 Å². The van der Waals surface area contributed by atoms with Crippen LogP contribution < -0.4 is 0 Å². The average molecular weight is 207 g/mol. The fourth-order valence-electron chi connectivity index (χ4n) is 1.76. The van der Waals surface area contributed by atoms with E-state index in [2.05, 4.69) is 37.3 Å². The Kier molecular flexibility index (Phi) is 3.35. The first-order valence-electron chi connectivity index (χ1n) is 5.29. The van der Waals surface area contributed by atoms with Gasteiger partial charge in [-0.05, 0) is 25.3 Å². The molecule has 1 aromatic carbocycles. The van der Waals surface area contributed by atoms with Gasteiger partial charge in [-0.2, -0.15) is 0 Å². The Hall–Kier alpha value is -0.630. The molecule has 0 spiro atoms. The summed E-state index contributed by atoms with van der Waals surface area (Å²) in [5, 5.41) is 0. The van der Waals surface area contributed by atoms with E-state index in [9.17, 15) is 0 Å². The number of rotatable bonds is 2. The molecule has 1 fully saturated rings. The first-order valence-corrected chi connectivity index (χ1v) is 6.81. The van der Waals surface area contributed by atoms with E-state index in [0.717, 1.165) is 0 Å². The molecule has 1 aliphatic heterocycles. The van der Waals surface area contributed by atoms with Crippen LogP contribution in [-0.4, -0.2) is 11.5 Å². The third-order valence-electron chi connectivity index (χ3n) is 2.60. The molecule has 76 valence electrons. The summed E-state index contributed by atoms with van der Waals surface area (Å²) < 4.78 is 4.87. The van der Waals surface area contributed by atoms with E-state index in [-0.39, 0.29) is 0 Å². The summed E-state index contributed by atoms with van der Waals surface area (Å²) in [6, 6.07) is 11.0. The molecule has 0 saturated carbocycles. The van der Waals surface area contributed by atoms with Gasteiger partial charge in [0.1, 0.15) is 0 Å². The normalized spacial score (nSPS) is 19.5. The maximum atomic E-state index is 4.87. The molecular formula is C12H17NS. The molecule has 0 bridgehead atoms. The van der Waals surface area contributed by atoms with Gasteiger partial charge in [-0.15, -0.1) is 10.7 Å². The molecule has 14 heavy (non-hydrogen) atoms. The topological polar surface area (TPSA) is 12.4 Å². The summed E-state index contributed by atoms with van der Waals surface area (Å²) >= 11 is 0. The van der Waals surface area contributed by atoms with Gasteiger partial charge in [0.2, 0.25) is 0 Å². The predicted octanol–water partition coefficient (Wildman–Crippen LogP) is 3.34. The van der Waals surface area contributed by atoms with Crippen molar-refractivity contribution in [1.82, 2.24) is 0 Å². The van der Waals surface area contributed by atoms with Gasteiger partial charge < -0.3 is 0 Å². The van der Waals surface area contributed by atoms with Crippen molar-refractivity contribution in [2.45, 2.75) is 25.8 Å². The van der Waals surface area contributed by atoms with Crippen LogP contribution in [0.1, 0.15) is 31.4 Å². The summed E-state index contributed by atoms with van der Waals surface area (Å²) in [5.74, 6) is 2.66. The highest BCUT2D eigenvalue weighted by atomic mass is 32.2. The third kappa shape index (κ3) is 2.44. The lowest BCUT2D eigenvalue weighted by molar-refractivity contribution is 0.834. The molecule has 2 heteroatoms. The second kappa shape index (κ2) is 4.74. The Morgan fingerprint density at radius 3 is 2.43 bits per heavy atom. The van der Waals surface area contributed by atoms with E-state index in [0.29, 0.717) is 16.7 Å². The van der Waals surface area contributed by atoms with Gasteiger partial charge in [0, 0.05) is 11.5 Å². The summed E-state index contributed by atoms with van der Waals surface area (Å²) in [5.41, 5.74) is 1.35. The van der Waals surface area contributed by atoms with Gasteiger partial charge >= 0.3 is 0 Å². The maximum Gasteiger partial charge on any atom is 0.0789 e. The first kappa shape index (κ1) is 9.91. The molecule has 1 unspecified atom stereocenters. The van der Waals surface area contributed by atoms with Crippen LogP contribution >= 0.6 is 0 Å². The van der Waals surface area contributed by atoms with Crippen molar-refractivity contribution in [1.29, 1.82) is 0 Å². The van der Waals surface area contributed by atoms with E-state index in [1.807, 2.05) is 0 Å². The highest BCUT2D eigenvalue weighted by Crippen LogP contribution is 2.19. The van der Waals surface area contributed by atoms with E-state index < -0.39 is 0 Å². The summed E-state index contributed by atoms with van der Waals surface area (Å²) in [4.78, 5) is 0. The zero-order valence-corrected chi connectivity index (χ0v) is 9.46. The molecule has 1 saturated heterocycles. The minimum absolute atomic E-state index is 0.367. The summed E-state index contributed by atoms with van der Waals surface area (Å²) in [6.45, 7) is 2.21. The van der Waals surface area contributed by atoms with Gasteiger partial charge in [0.25, 0.3) is 0 Å². The Labute approximate surface area is 88.6 Å². The predicted molar refractivity (Wildman–Crippen MR) is 63.6 cm³/mol. The van der Waals surface area contributed by atoms with E-state index in [1.165, 1.54) is 29.9 Å². The van der Waals surface area contributed by atoms with Crippen LogP contribution in [0.2, 0.25) is 0 Å². The van der Waals surface area contributed by atoms with Crippen LogP contribution in [0.25, 0.3) is 0 Å². The largest absolute Gasteiger partial charge is 0.257 e. The quantitative estimate of drug-likeness (QED) is 0.705.